The number of fused-ring (bicyclic) bond motifs is 4. The second-order valence-corrected chi connectivity index (χ2v) is 13.7. The minimum absolute atomic E-state index is 0. The third-order valence-corrected chi connectivity index (χ3v) is 9.96. The Hall–Kier alpha value is -3.96. The minimum atomic E-state index is 0. The number of thiophene rings is 2. The number of ether oxygens (including phenoxy) is 1. The Morgan fingerprint density at radius 3 is 2.38 bits per heavy atom. The maximum Gasteiger partial charge on any atom is 0.108 e. The van der Waals surface area contributed by atoms with Crippen LogP contribution < -0.4 is 14.5 Å². The third-order valence-electron chi connectivity index (χ3n) is 7.90. The van der Waals surface area contributed by atoms with Crippen LogP contribution in [0.5, 0.6) is 10.8 Å². The molecule has 0 unspecified atom stereocenters. The summed E-state index contributed by atoms with van der Waals surface area (Å²) in [6.07, 6.45) is 1.91. The first-order chi connectivity index (χ1) is 21.4. The Kier molecular flexibility index (Phi) is 7.77. The maximum atomic E-state index is 6.49. The van der Waals surface area contributed by atoms with E-state index in [2.05, 4.69) is 134 Å². The summed E-state index contributed by atoms with van der Waals surface area (Å²) < 4.78 is 8.91. The van der Waals surface area contributed by atoms with Gasteiger partial charge in [-0.05, 0) is 68.9 Å². The molecule has 0 saturated heterocycles. The number of aromatic nitrogens is 1. The minimum Gasteiger partial charge on any atom is -0.493 e. The van der Waals surface area contributed by atoms with E-state index in [4.69, 9.17) is 9.72 Å². The summed E-state index contributed by atoms with van der Waals surface area (Å²) >= 11 is 3.37. The molecular formula is C38H28N3OPtS2-3. The molecule has 3 aromatic heterocycles. The van der Waals surface area contributed by atoms with Gasteiger partial charge in [0.1, 0.15) is 5.06 Å². The Morgan fingerprint density at radius 1 is 0.800 bits per heavy atom. The van der Waals surface area contributed by atoms with Crippen LogP contribution in [0.15, 0.2) is 109 Å². The van der Waals surface area contributed by atoms with Gasteiger partial charge in [0.25, 0.3) is 0 Å². The molecule has 1 aliphatic heterocycles. The molecule has 0 radical (unpaired) electrons. The molecule has 226 valence electrons. The first kappa shape index (κ1) is 29.7. The average Bonchev–Trinajstić information content (AvgIpc) is 3.78. The van der Waals surface area contributed by atoms with Crippen LogP contribution >= 0.6 is 22.7 Å². The number of pyridine rings is 1. The van der Waals surface area contributed by atoms with Crippen molar-refractivity contribution in [3.8, 4) is 22.1 Å². The van der Waals surface area contributed by atoms with Crippen molar-refractivity contribution < 1.29 is 25.8 Å². The zero-order valence-electron chi connectivity index (χ0n) is 24.9. The van der Waals surface area contributed by atoms with Crippen molar-refractivity contribution in [1.82, 2.24) is 4.98 Å². The van der Waals surface area contributed by atoms with Gasteiger partial charge in [-0.3, -0.25) is 4.98 Å². The van der Waals surface area contributed by atoms with Crippen molar-refractivity contribution in [3.63, 3.8) is 0 Å². The van der Waals surface area contributed by atoms with Crippen molar-refractivity contribution in [2.75, 3.05) is 9.80 Å². The molecule has 0 saturated carbocycles. The summed E-state index contributed by atoms with van der Waals surface area (Å²) in [7, 11) is 0. The molecule has 8 rings (SSSR count). The van der Waals surface area contributed by atoms with Crippen LogP contribution in [-0.2, 0) is 26.5 Å². The fourth-order valence-corrected chi connectivity index (χ4v) is 7.69. The molecule has 0 N–H and O–H groups in total. The van der Waals surface area contributed by atoms with Crippen LogP contribution in [0.2, 0.25) is 0 Å². The molecule has 4 aromatic carbocycles. The number of hydrogen-bond donors (Lipinski definition) is 0. The Labute approximate surface area is 285 Å². The molecule has 0 aliphatic carbocycles. The molecule has 0 atom stereocenters. The Morgan fingerprint density at radius 2 is 1.58 bits per heavy atom. The van der Waals surface area contributed by atoms with Crippen LogP contribution in [-0.4, -0.2) is 4.98 Å². The number of nitrogens with zero attached hydrogens (tertiary/aromatic N) is 3. The van der Waals surface area contributed by atoms with Gasteiger partial charge < -0.3 is 14.5 Å². The molecule has 0 fully saturated rings. The molecule has 0 amide bonds. The number of anilines is 4. The normalized spacial score (nSPS) is 12.9. The topological polar surface area (TPSA) is 28.6 Å². The van der Waals surface area contributed by atoms with Gasteiger partial charge in [-0.2, -0.15) is 34.1 Å². The van der Waals surface area contributed by atoms with Crippen molar-refractivity contribution in [3.05, 3.63) is 133 Å². The van der Waals surface area contributed by atoms with Gasteiger partial charge in [0.15, 0.2) is 0 Å². The van der Waals surface area contributed by atoms with E-state index < -0.39 is 0 Å². The summed E-state index contributed by atoms with van der Waals surface area (Å²) in [5, 5.41) is 5.10. The van der Waals surface area contributed by atoms with E-state index in [1.54, 1.807) is 22.7 Å². The van der Waals surface area contributed by atoms with Crippen LogP contribution in [0.25, 0.3) is 31.4 Å². The van der Waals surface area contributed by atoms with Crippen molar-refractivity contribution >= 4 is 65.6 Å². The van der Waals surface area contributed by atoms with Gasteiger partial charge in [-0.25, -0.2) is 0 Å². The molecule has 0 spiro atoms. The van der Waals surface area contributed by atoms with E-state index in [0.717, 1.165) is 39.4 Å². The first-order valence-electron chi connectivity index (χ1n) is 14.5. The monoisotopic (exact) mass is 801 g/mol. The molecule has 7 aromatic rings. The van der Waals surface area contributed by atoms with Gasteiger partial charge in [0.2, 0.25) is 0 Å². The number of rotatable bonds is 5. The standard InChI is InChI=1S/C38H28N3OS2.Pt/c1-38(2,3)26-16-18-39-32(21-26)30-20-25-17-19-43-36(25)37-31(30)23-35(44-37)42-29-13-9-12-28(22-29)41-24-40(27-10-5-4-6-11-27)33-14-7-8-15-34(33)41;/h4-21,24H,1-3H3;/q-3;. The van der Waals surface area contributed by atoms with E-state index in [9.17, 15) is 0 Å². The van der Waals surface area contributed by atoms with E-state index in [1.807, 2.05) is 24.4 Å². The first-order valence-corrected chi connectivity index (χ1v) is 16.2. The summed E-state index contributed by atoms with van der Waals surface area (Å²) in [5.74, 6) is 0.645. The molecular weight excluding hydrogens is 774 g/mol. The fourth-order valence-electron chi connectivity index (χ4n) is 5.65. The predicted molar refractivity (Wildman–Crippen MR) is 185 cm³/mol. The van der Waals surface area contributed by atoms with Gasteiger partial charge in [-0.15, -0.1) is 42.7 Å². The summed E-state index contributed by atoms with van der Waals surface area (Å²) in [6.45, 7) is 8.80. The quantitative estimate of drug-likeness (QED) is 0.162. The Bertz CT molecular complexity index is 2150. The maximum absolute atomic E-state index is 6.49. The Balaban J connectivity index is 0.00000325. The van der Waals surface area contributed by atoms with E-state index in [1.165, 1.54) is 20.3 Å². The van der Waals surface area contributed by atoms with Gasteiger partial charge in [0.05, 0.1) is 0 Å². The number of para-hydroxylation sites is 3. The van der Waals surface area contributed by atoms with Crippen LogP contribution in [0.4, 0.5) is 22.7 Å². The predicted octanol–water partition coefficient (Wildman–Crippen LogP) is 11.3. The fraction of sp³-hybridized carbons (Fsp3) is 0.105. The van der Waals surface area contributed by atoms with E-state index >= 15 is 0 Å². The van der Waals surface area contributed by atoms with Gasteiger partial charge in [0, 0.05) is 55.8 Å². The third kappa shape index (κ3) is 5.46. The zero-order valence-corrected chi connectivity index (χ0v) is 28.8. The summed E-state index contributed by atoms with van der Waals surface area (Å²) in [6, 6.07) is 40.7. The average molecular weight is 802 g/mol. The van der Waals surface area contributed by atoms with E-state index in [0.29, 0.717) is 10.8 Å². The number of benzene rings is 4. The van der Waals surface area contributed by atoms with Crippen molar-refractivity contribution in [2.24, 2.45) is 0 Å². The molecule has 1 aliphatic rings. The molecule has 7 heteroatoms. The molecule has 4 nitrogen and oxygen atoms in total. The largest absolute Gasteiger partial charge is 0.493 e. The van der Waals surface area contributed by atoms with Gasteiger partial charge >= 0.3 is 0 Å². The summed E-state index contributed by atoms with van der Waals surface area (Å²) in [5.41, 5.74) is 7.53. The van der Waals surface area contributed by atoms with Crippen LogP contribution in [0.1, 0.15) is 26.3 Å². The second-order valence-electron chi connectivity index (χ2n) is 11.8. The van der Waals surface area contributed by atoms with Crippen molar-refractivity contribution in [2.45, 2.75) is 26.2 Å². The van der Waals surface area contributed by atoms with Gasteiger partial charge in [-0.1, -0.05) is 61.4 Å². The molecule has 45 heavy (non-hydrogen) atoms. The van der Waals surface area contributed by atoms with Crippen LogP contribution in [0.3, 0.4) is 0 Å². The number of hydrogen-bond acceptors (Lipinski definition) is 6. The van der Waals surface area contributed by atoms with Crippen LogP contribution in [0, 0.1) is 18.8 Å². The molecule has 0 bridgehead atoms. The zero-order chi connectivity index (χ0) is 29.8. The smallest absolute Gasteiger partial charge is 0.108 e. The SMILES string of the molecule is CC(C)(C)c1ccnc(-c2cc3ccsc3c3sc(Oc4[c-]c(N5[CH-]N(c6ccccc6)c6ccccc65)ccc4)[c-]c23)c1.[Pt]. The summed E-state index contributed by atoms with van der Waals surface area (Å²) in [4.78, 5) is 9.15. The van der Waals surface area contributed by atoms with E-state index in [-0.39, 0.29) is 26.5 Å². The van der Waals surface area contributed by atoms with Crippen molar-refractivity contribution in [1.29, 1.82) is 0 Å². The second kappa shape index (κ2) is 11.8. The molecule has 4 heterocycles.